The van der Waals surface area contributed by atoms with E-state index in [4.69, 9.17) is 0 Å². The first-order valence-electron chi connectivity index (χ1n) is 7.51. The third-order valence-corrected chi connectivity index (χ3v) is 7.24. The van der Waals surface area contributed by atoms with Crippen LogP contribution in [0.1, 0.15) is 31.8 Å². The summed E-state index contributed by atoms with van der Waals surface area (Å²) >= 11 is 0. The second kappa shape index (κ2) is 6.38. The quantitative estimate of drug-likeness (QED) is 0.532. The number of halogens is 6. The van der Waals surface area contributed by atoms with Gasteiger partial charge in [-0.3, -0.25) is 9.59 Å². The minimum atomic E-state index is -6.20. The number of carbonyl (C=O) groups is 2. The zero-order valence-electron chi connectivity index (χ0n) is 14.0. The monoisotopic (exact) mass is 472 g/mol. The number of ketones is 2. The van der Waals surface area contributed by atoms with Gasteiger partial charge in [-0.25, -0.2) is 16.8 Å². The minimum Gasteiger partial charge on any atom is -0.289 e. The Balaban J connectivity index is 2.43. The van der Waals surface area contributed by atoms with Gasteiger partial charge < -0.3 is 0 Å². The molecule has 3 rings (SSSR count). The average Bonchev–Trinajstić information content (AvgIpc) is 2.63. The molecule has 0 heterocycles. The Morgan fingerprint density at radius 3 is 1.20 bits per heavy atom. The molecule has 0 saturated carbocycles. The van der Waals surface area contributed by atoms with Gasteiger partial charge in [0.1, 0.15) is 0 Å². The molecule has 0 N–H and O–H groups in total. The van der Waals surface area contributed by atoms with Crippen molar-refractivity contribution in [2.75, 3.05) is 0 Å². The molecule has 0 aliphatic heterocycles. The van der Waals surface area contributed by atoms with E-state index in [-0.39, 0.29) is 0 Å². The van der Waals surface area contributed by atoms with Crippen LogP contribution in [0.5, 0.6) is 0 Å². The fourth-order valence-corrected chi connectivity index (χ4v) is 4.83. The number of carbonyl (C=O) groups excluding carboxylic acids is 2. The summed E-state index contributed by atoms with van der Waals surface area (Å²) in [6, 6.07) is 3.78. The molecule has 2 aromatic rings. The number of sulfone groups is 2. The molecule has 14 heteroatoms. The van der Waals surface area contributed by atoms with Gasteiger partial charge in [0.2, 0.25) is 0 Å². The van der Waals surface area contributed by atoms with Gasteiger partial charge >= 0.3 is 11.0 Å². The number of hydrogen-bond donors (Lipinski definition) is 0. The van der Waals surface area contributed by atoms with E-state index in [1.54, 1.807) is 0 Å². The fraction of sp³-hybridized carbons (Fsp3) is 0.125. The highest BCUT2D eigenvalue weighted by atomic mass is 32.2. The predicted molar refractivity (Wildman–Crippen MR) is 86.2 cm³/mol. The largest absolute Gasteiger partial charge is 0.501 e. The molecule has 0 spiro atoms. The summed E-state index contributed by atoms with van der Waals surface area (Å²) in [5.41, 5.74) is -16.1. The summed E-state index contributed by atoms with van der Waals surface area (Å²) < 4.78 is 125. The first-order chi connectivity index (χ1) is 13.5. The molecule has 0 bridgehead atoms. The highest BCUT2D eigenvalue weighted by molar-refractivity contribution is 7.92. The van der Waals surface area contributed by atoms with E-state index in [2.05, 4.69) is 0 Å². The predicted octanol–water partition coefficient (Wildman–Crippen LogP) is 3.05. The summed E-state index contributed by atoms with van der Waals surface area (Å²) in [5, 5.41) is 0. The summed E-state index contributed by atoms with van der Waals surface area (Å²) in [5.74, 6) is -3.08. The van der Waals surface area contributed by atoms with Crippen molar-refractivity contribution < 1.29 is 52.8 Å². The van der Waals surface area contributed by atoms with Crippen molar-refractivity contribution in [3.63, 3.8) is 0 Å². The summed E-state index contributed by atoms with van der Waals surface area (Å²) in [4.78, 5) is 22.1. The molecular formula is C16H6F6O6S2. The fourth-order valence-electron chi connectivity index (χ4n) is 2.88. The van der Waals surface area contributed by atoms with E-state index in [0.717, 1.165) is 24.3 Å². The molecule has 0 radical (unpaired) electrons. The molecule has 6 nitrogen and oxygen atoms in total. The number of benzene rings is 2. The van der Waals surface area contributed by atoms with Gasteiger partial charge in [0.25, 0.3) is 19.7 Å². The SMILES string of the molecule is O=C1c2cccc(S(=O)(=O)C(F)(F)F)c2C(=O)c2c1cccc2S(=O)(=O)C(F)(F)F. The number of rotatable bonds is 2. The van der Waals surface area contributed by atoms with Crippen LogP contribution in [0.15, 0.2) is 46.2 Å². The van der Waals surface area contributed by atoms with Crippen LogP contribution in [0, 0.1) is 0 Å². The highest BCUT2D eigenvalue weighted by Crippen LogP contribution is 2.41. The van der Waals surface area contributed by atoms with Crippen molar-refractivity contribution in [3.05, 3.63) is 58.7 Å². The van der Waals surface area contributed by atoms with Crippen LogP contribution < -0.4 is 0 Å². The molecule has 0 amide bonds. The lowest BCUT2D eigenvalue weighted by molar-refractivity contribution is -0.0441. The van der Waals surface area contributed by atoms with Crippen molar-refractivity contribution in [2.45, 2.75) is 20.8 Å². The van der Waals surface area contributed by atoms with Crippen LogP contribution in [0.2, 0.25) is 0 Å². The Labute approximate surface area is 164 Å². The third kappa shape index (κ3) is 2.93. The van der Waals surface area contributed by atoms with Gasteiger partial charge in [0, 0.05) is 11.1 Å². The maximum absolute atomic E-state index is 13.0. The number of alkyl halides is 6. The Kier molecular flexibility index (Phi) is 4.67. The summed E-state index contributed by atoms with van der Waals surface area (Å²) in [6.45, 7) is 0. The van der Waals surface area contributed by atoms with Crippen LogP contribution in [-0.4, -0.2) is 39.4 Å². The van der Waals surface area contributed by atoms with Gasteiger partial charge in [0.05, 0.1) is 20.9 Å². The molecule has 0 unspecified atom stereocenters. The van der Waals surface area contributed by atoms with Crippen molar-refractivity contribution in [2.24, 2.45) is 0 Å². The summed E-state index contributed by atoms with van der Waals surface area (Å²) in [6.07, 6.45) is 0. The van der Waals surface area contributed by atoms with E-state index in [0.29, 0.717) is 12.1 Å². The van der Waals surface area contributed by atoms with Crippen LogP contribution in [0.3, 0.4) is 0 Å². The maximum Gasteiger partial charge on any atom is 0.501 e. The van der Waals surface area contributed by atoms with E-state index in [1.807, 2.05) is 0 Å². The lowest BCUT2D eigenvalue weighted by atomic mass is 9.84. The molecule has 2 aromatic carbocycles. The normalized spacial score (nSPS) is 15.0. The van der Waals surface area contributed by atoms with Crippen molar-refractivity contribution in [1.82, 2.24) is 0 Å². The van der Waals surface area contributed by atoms with Crippen LogP contribution in [-0.2, 0) is 19.7 Å². The van der Waals surface area contributed by atoms with Crippen LogP contribution in [0.4, 0.5) is 26.3 Å². The Bertz CT molecular complexity index is 1220. The molecule has 30 heavy (non-hydrogen) atoms. The van der Waals surface area contributed by atoms with E-state index >= 15 is 0 Å². The number of fused-ring (bicyclic) bond motifs is 2. The summed E-state index contributed by atoms with van der Waals surface area (Å²) in [7, 11) is -12.4. The smallest absolute Gasteiger partial charge is 0.289 e. The van der Waals surface area contributed by atoms with Crippen LogP contribution >= 0.6 is 0 Å². The van der Waals surface area contributed by atoms with Gasteiger partial charge in [-0.2, -0.15) is 26.3 Å². The maximum atomic E-state index is 13.0. The first kappa shape index (κ1) is 22.0. The molecule has 0 fully saturated rings. The Morgan fingerprint density at radius 1 is 0.567 bits per heavy atom. The molecule has 1 aliphatic rings. The van der Waals surface area contributed by atoms with Crippen molar-refractivity contribution in [1.29, 1.82) is 0 Å². The molecule has 160 valence electrons. The first-order valence-corrected chi connectivity index (χ1v) is 10.5. The Hall–Kier alpha value is -2.74. The number of hydrogen-bond acceptors (Lipinski definition) is 6. The van der Waals surface area contributed by atoms with Gasteiger partial charge in [0.15, 0.2) is 11.6 Å². The van der Waals surface area contributed by atoms with Crippen molar-refractivity contribution in [3.8, 4) is 0 Å². The molecule has 1 aliphatic carbocycles. The molecule has 0 aromatic heterocycles. The van der Waals surface area contributed by atoms with E-state index in [9.17, 15) is 52.8 Å². The van der Waals surface area contributed by atoms with Gasteiger partial charge in [-0.15, -0.1) is 0 Å². The minimum absolute atomic E-state index is 0.346. The van der Waals surface area contributed by atoms with Gasteiger partial charge in [-0.05, 0) is 12.1 Å². The Morgan fingerprint density at radius 2 is 0.900 bits per heavy atom. The lowest BCUT2D eigenvalue weighted by Crippen LogP contribution is -2.31. The molecule has 0 saturated heterocycles. The second-order valence-corrected chi connectivity index (χ2v) is 9.73. The van der Waals surface area contributed by atoms with Gasteiger partial charge in [-0.1, -0.05) is 24.3 Å². The van der Waals surface area contributed by atoms with E-state index < -0.39 is 74.3 Å². The van der Waals surface area contributed by atoms with Crippen molar-refractivity contribution >= 4 is 31.2 Å². The zero-order chi connectivity index (χ0) is 22.9. The standard InChI is InChI=1S/C16H6F6O6S2/c17-15(18,19)29(25,26)9-5-1-3-7-11(9)14(24)12-8(13(7)23)4-2-6-10(12)30(27,28)16(20,21)22/h1-6H. The third-order valence-electron chi connectivity index (χ3n) is 4.18. The van der Waals surface area contributed by atoms with Crippen LogP contribution in [0.25, 0.3) is 0 Å². The lowest BCUT2D eigenvalue weighted by Gasteiger charge is -2.22. The molecule has 0 atom stereocenters. The van der Waals surface area contributed by atoms with E-state index in [1.165, 1.54) is 0 Å². The highest BCUT2D eigenvalue weighted by Gasteiger charge is 2.52. The topological polar surface area (TPSA) is 102 Å². The second-order valence-electron chi connectivity index (χ2n) is 5.91. The average molecular weight is 472 g/mol. The zero-order valence-corrected chi connectivity index (χ0v) is 15.6. The molecular weight excluding hydrogens is 466 g/mol.